The van der Waals surface area contributed by atoms with Crippen molar-refractivity contribution in [3.63, 3.8) is 0 Å². The summed E-state index contributed by atoms with van der Waals surface area (Å²) in [6, 6.07) is 0.380. The second-order valence-electron chi connectivity index (χ2n) is 8.70. The lowest BCUT2D eigenvalue weighted by molar-refractivity contribution is 0.481. The van der Waals surface area contributed by atoms with Gasteiger partial charge >= 0.3 is 6.01 Å². The van der Waals surface area contributed by atoms with E-state index in [4.69, 9.17) is 8.85 Å². The lowest BCUT2D eigenvalue weighted by atomic mass is 10.5. The molecule has 2 rings (SSSR count). The molecule has 9 heteroatoms. The van der Waals surface area contributed by atoms with E-state index < -0.39 is 24.9 Å². The quantitative estimate of drug-likeness (QED) is 0.748. The third kappa shape index (κ3) is 4.64. The van der Waals surface area contributed by atoms with Crippen molar-refractivity contribution in [2.75, 3.05) is 0 Å². The molecule has 2 aromatic rings. The molecule has 0 spiro atoms. The highest BCUT2D eigenvalue weighted by Gasteiger charge is 2.28. The predicted octanol–water partition coefficient (Wildman–Crippen LogP) is 3.94. The van der Waals surface area contributed by atoms with Crippen LogP contribution in [-0.2, 0) is 0 Å². The summed E-state index contributed by atoms with van der Waals surface area (Å²) in [6.07, 6.45) is 1.86. The Morgan fingerprint density at radius 1 is 0.826 bits per heavy atom. The fourth-order valence-electron chi connectivity index (χ4n) is 2.06. The van der Waals surface area contributed by atoms with Gasteiger partial charge in [0, 0.05) is 0 Å². The summed E-state index contributed by atoms with van der Waals surface area (Å²) in [4.78, 5) is 13.6. The third-order valence-electron chi connectivity index (χ3n) is 2.87. The summed E-state index contributed by atoms with van der Waals surface area (Å²) in [7, 11) is -5.24. The van der Waals surface area contributed by atoms with E-state index in [9.17, 15) is 0 Å². The van der Waals surface area contributed by atoms with Crippen molar-refractivity contribution < 1.29 is 8.85 Å². The zero-order chi connectivity index (χ0) is 17.6. The Bertz CT molecular complexity index is 712. The zero-order valence-corrected chi connectivity index (χ0v) is 18.7. The summed E-state index contributed by atoms with van der Waals surface area (Å²) in [5.41, 5.74) is 1.55. The number of nitrogens with zero attached hydrogens (tertiary/aromatic N) is 4. The minimum absolute atomic E-state index is 0.380. The molecular weight excluding hydrogens is 340 g/mol. The van der Waals surface area contributed by atoms with Crippen LogP contribution in [0.2, 0.25) is 58.9 Å². The molecule has 2 aromatic heterocycles. The van der Waals surface area contributed by atoms with Crippen molar-refractivity contribution in [1.29, 1.82) is 0 Å². The van der Waals surface area contributed by atoms with E-state index in [2.05, 4.69) is 78.1 Å². The van der Waals surface area contributed by atoms with Crippen LogP contribution in [-0.4, -0.2) is 44.1 Å². The topological polar surface area (TPSA) is 62.1 Å². The highest BCUT2D eigenvalue weighted by molar-refractivity contribution is 6.75. The Hall–Kier alpha value is -1.20. The van der Waals surface area contributed by atoms with Gasteiger partial charge < -0.3 is 13.1 Å². The average molecular weight is 369 g/mol. The molecule has 0 fully saturated rings. The Morgan fingerprint density at radius 3 is 1.87 bits per heavy atom. The molecule has 0 atom stereocenters. The standard InChI is InChI=1S/C14H28N4O2Si3/c1-21(2,3)18-10-15-12-11(18)13(19-22(4,5)6)17-14(16-12)20-23(7,8)9/h10H,1-9H3. The van der Waals surface area contributed by atoms with Crippen molar-refractivity contribution in [3.8, 4) is 11.9 Å². The SMILES string of the molecule is C[Si](C)(C)Oc1nc(O[Si](C)(C)C)c2c(ncn2[Si](C)(C)C)n1. The molecule has 0 aliphatic rings. The van der Waals surface area contributed by atoms with E-state index in [1.807, 2.05) is 6.33 Å². The second-order valence-corrected chi connectivity index (χ2v) is 22.4. The Kier molecular flexibility index (Phi) is 4.50. The first-order valence-electron chi connectivity index (χ1n) is 7.90. The number of fused-ring (bicyclic) bond motifs is 1. The van der Waals surface area contributed by atoms with Gasteiger partial charge in [-0.15, -0.1) is 0 Å². The van der Waals surface area contributed by atoms with Crippen LogP contribution < -0.4 is 8.85 Å². The van der Waals surface area contributed by atoms with E-state index in [0.717, 1.165) is 5.52 Å². The first-order chi connectivity index (χ1) is 10.3. The molecule has 0 bridgehead atoms. The largest absolute Gasteiger partial charge is 0.530 e. The van der Waals surface area contributed by atoms with Crippen LogP contribution in [0.4, 0.5) is 0 Å². The number of aromatic nitrogens is 4. The van der Waals surface area contributed by atoms with Crippen LogP contribution >= 0.6 is 0 Å². The maximum atomic E-state index is 6.25. The van der Waals surface area contributed by atoms with Gasteiger partial charge in [0.1, 0.15) is 5.52 Å². The fourth-order valence-corrected chi connectivity index (χ4v) is 4.70. The van der Waals surface area contributed by atoms with Crippen molar-refractivity contribution in [2.24, 2.45) is 0 Å². The minimum Gasteiger partial charge on any atom is -0.530 e. The summed E-state index contributed by atoms with van der Waals surface area (Å²) >= 11 is 0. The first-order valence-corrected chi connectivity index (χ1v) is 18.2. The predicted molar refractivity (Wildman–Crippen MR) is 102 cm³/mol. The molecule has 0 saturated heterocycles. The van der Waals surface area contributed by atoms with E-state index in [1.54, 1.807) is 0 Å². The normalized spacial score (nSPS) is 13.4. The number of rotatable bonds is 5. The monoisotopic (exact) mass is 368 g/mol. The molecule has 0 aromatic carbocycles. The van der Waals surface area contributed by atoms with Crippen LogP contribution in [0.3, 0.4) is 0 Å². The fraction of sp³-hybridized carbons (Fsp3) is 0.643. The van der Waals surface area contributed by atoms with Crippen molar-refractivity contribution in [2.45, 2.75) is 58.9 Å². The molecule has 0 unspecified atom stereocenters. The second kappa shape index (κ2) is 5.71. The molecule has 0 aliphatic heterocycles. The molecule has 0 amide bonds. The first kappa shape index (κ1) is 18.1. The minimum atomic E-state index is -1.81. The van der Waals surface area contributed by atoms with Gasteiger partial charge in [0.05, 0.1) is 6.33 Å². The molecule has 128 valence electrons. The summed E-state index contributed by atoms with van der Waals surface area (Å²) in [5.74, 6) is 0.613. The maximum Gasteiger partial charge on any atom is 0.308 e. The highest BCUT2D eigenvalue weighted by atomic mass is 28.4. The lowest BCUT2D eigenvalue weighted by Gasteiger charge is -2.24. The molecule has 2 heterocycles. The van der Waals surface area contributed by atoms with Gasteiger partial charge in [0.25, 0.3) is 0 Å². The smallest absolute Gasteiger partial charge is 0.308 e. The Morgan fingerprint density at radius 2 is 1.39 bits per heavy atom. The molecule has 0 aliphatic carbocycles. The molecule has 6 nitrogen and oxygen atoms in total. The summed E-state index contributed by atoms with van der Waals surface area (Å²) < 4.78 is 14.4. The molecule has 0 N–H and O–H groups in total. The average Bonchev–Trinajstić information content (AvgIpc) is 2.67. The molecule has 0 saturated carbocycles. The van der Waals surface area contributed by atoms with E-state index in [1.165, 1.54) is 0 Å². The van der Waals surface area contributed by atoms with Crippen molar-refractivity contribution in [3.05, 3.63) is 6.33 Å². The van der Waals surface area contributed by atoms with E-state index >= 15 is 0 Å². The molecular formula is C14H28N4O2Si3. The number of imidazole rings is 1. The maximum absolute atomic E-state index is 6.25. The van der Waals surface area contributed by atoms with Gasteiger partial charge in [-0.25, -0.2) is 4.98 Å². The van der Waals surface area contributed by atoms with Crippen molar-refractivity contribution >= 4 is 36.0 Å². The highest BCUT2D eigenvalue weighted by Crippen LogP contribution is 2.29. The summed E-state index contributed by atoms with van der Waals surface area (Å²) in [6.45, 7) is 19.6. The number of hydrogen-bond donors (Lipinski definition) is 0. The molecule has 0 radical (unpaired) electrons. The lowest BCUT2D eigenvalue weighted by Crippen LogP contribution is -2.34. The zero-order valence-electron chi connectivity index (χ0n) is 15.7. The van der Waals surface area contributed by atoms with E-state index in [-0.39, 0.29) is 0 Å². The van der Waals surface area contributed by atoms with Crippen LogP contribution in [0.5, 0.6) is 11.9 Å². The van der Waals surface area contributed by atoms with Crippen molar-refractivity contribution in [1.82, 2.24) is 19.2 Å². The molecule has 23 heavy (non-hydrogen) atoms. The Labute approximate surface area is 141 Å². The number of hydrogen-bond acceptors (Lipinski definition) is 5. The van der Waals surface area contributed by atoms with Crippen LogP contribution in [0, 0.1) is 0 Å². The van der Waals surface area contributed by atoms with Gasteiger partial charge in [0.15, 0.2) is 13.9 Å². The van der Waals surface area contributed by atoms with Gasteiger partial charge in [0.2, 0.25) is 22.5 Å². The Balaban J connectivity index is 2.66. The van der Waals surface area contributed by atoms with Crippen LogP contribution in [0.25, 0.3) is 11.2 Å². The van der Waals surface area contributed by atoms with Gasteiger partial charge in [-0.05, 0) is 39.3 Å². The van der Waals surface area contributed by atoms with Gasteiger partial charge in [-0.1, -0.05) is 19.6 Å². The van der Waals surface area contributed by atoms with Crippen LogP contribution in [0.1, 0.15) is 0 Å². The summed E-state index contributed by atoms with van der Waals surface area (Å²) in [5, 5.41) is 0. The third-order valence-corrected chi connectivity index (χ3v) is 6.26. The van der Waals surface area contributed by atoms with Crippen LogP contribution in [0.15, 0.2) is 6.33 Å². The van der Waals surface area contributed by atoms with E-state index in [0.29, 0.717) is 17.5 Å². The van der Waals surface area contributed by atoms with Gasteiger partial charge in [-0.2, -0.15) is 9.97 Å². The van der Waals surface area contributed by atoms with Gasteiger partial charge in [-0.3, -0.25) is 0 Å².